The van der Waals surface area contributed by atoms with Crippen LogP contribution in [0.4, 0.5) is 0 Å². The van der Waals surface area contributed by atoms with E-state index in [1.54, 1.807) is 30.5 Å². The lowest BCUT2D eigenvalue weighted by molar-refractivity contribution is -0.142. The van der Waals surface area contributed by atoms with Crippen molar-refractivity contribution in [1.82, 2.24) is 25.9 Å². The summed E-state index contributed by atoms with van der Waals surface area (Å²) in [7, 11) is 0. The number of H-pyrrole nitrogens is 1. The topological polar surface area (TPSA) is 179 Å². The molecule has 12 heteroatoms. The summed E-state index contributed by atoms with van der Waals surface area (Å²) in [6, 6.07) is 5.95. The summed E-state index contributed by atoms with van der Waals surface area (Å²) in [5.41, 5.74) is 7.29. The van der Waals surface area contributed by atoms with Crippen LogP contribution in [-0.2, 0) is 32.0 Å². The van der Waals surface area contributed by atoms with Crippen molar-refractivity contribution in [1.29, 1.82) is 0 Å². The highest BCUT2D eigenvalue weighted by atomic mass is 32.2. The van der Waals surface area contributed by atoms with Gasteiger partial charge < -0.3 is 31.8 Å². The third-order valence-corrected chi connectivity index (χ3v) is 5.56. The summed E-state index contributed by atoms with van der Waals surface area (Å²) in [4.78, 5) is 55.7. The number of nitrogens with two attached hydrogens (primary N) is 1. The van der Waals surface area contributed by atoms with Gasteiger partial charge in [0, 0.05) is 24.7 Å². The van der Waals surface area contributed by atoms with E-state index in [1.165, 1.54) is 18.1 Å². The molecule has 1 heterocycles. The second-order valence-electron chi connectivity index (χ2n) is 7.60. The second-order valence-corrected chi connectivity index (χ2v) is 8.58. The molecule has 0 spiro atoms. The smallest absolute Gasteiger partial charge is 0.326 e. The third-order valence-electron chi connectivity index (χ3n) is 4.91. The molecule has 7 N–H and O–H groups in total. The molecule has 0 fully saturated rings. The first-order valence-electron chi connectivity index (χ1n) is 10.7. The number of rotatable bonds is 14. The average molecular weight is 491 g/mol. The minimum atomic E-state index is -1.18. The van der Waals surface area contributed by atoms with E-state index in [2.05, 4.69) is 25.9 Å². The number of aromatic nitrogens is 2. The zero-order valence-corrected chi connectivity index (χ0v) is 19.6. The van der Waals surface area contributed by atoms with Crippen molar-refractivity contribution in [2.45, 2.75) is 37.4 Å². The molecular weight excluding hydrogens is 460 g/mol. The van der Waals surface area contributed by atoms with Gasteiger partial charge in [-0.25, -0.2) is 9.78 Å². The minimum absolute atomic E-state index is 0.107. The number of carbonyl (C=O) groups is 4. The highest BCUT2D eigenvalue weighted by Crippen LogP contribution is 2.06. The number of nitrogens with one attached hydrogen (secondary N) is 4. The maximum Gasteiger partial charge on any atom is 0.326 e. The molecule has 2 rings (SSSR count). The number of carboxylic acid groups (broad SMARTS) is 1. The van der Waals surface area contributed by atoms with Crippen molar-refractivity contribution < 1.29 is 24.3 Å². The Morgan fingerprint density at radius 1 is 1.09 bits per heavy atom. The van der Waals surface area contributed by atoms with Crippen LogP contribution >= 0.6 is 11.8 Å². The Labute approximate surface area is 201 Å². The second kappa shape index (κ2) is 14.0. The first kappa shape index (κ1) is 26.9. The number of thioether (sulfide) groups is 1. The normalized spacial score (nSPS) is 13.4. The molecule has 0 saturated carbocycles. The van der Waals surface area contributed by atoms with Crippen LogP contribution in [0.15, 0.2) is 42.9 Å². The van der Waals surface area contributed by atoms with Crippen LogP contribution in [0.3, 0.4) is 0 Å². The lowest BCUT2D eigenvalue weighted by atomic mass is 10.1. The zero-order chi connectivity index (χ0) is 24.9. The summed E-state index contributed by atoms with van der Waals surface area (Å²) in [6.07, 6.45) is 5.51. The van der Waals surface area contributed by atoms with Crippen molar-refractivity contribution in [2.75, 3.05) is 18.6 Å². The van der Waals surface area contributed by atoms with E-state index >= 15 is 0 Å². The average Bonchev–Trinajstić information content (AvgIpc) is 3.33. The van der Waals surface area contributed by atoms with E-state index in [-0.39, 0.29) is 19.4 Å². The number of amides is 3. The Morgan fingerprint density at radius 2 is 1.82 bits per heavy atom. The number of aromatic amines is 1. The fraction of sp³-hybridized carbons (Fsp3) is 0.409. The van der Waals surface area contributed by atoms with Gasteiger partial charge in [-0.1, -0.05) is 30.3 Å². The molecule has 2 aromatic rings. The van der Waals surface area contributed by atoms with E-state index in [1.807, 2.05) is 12.3 Å². The fourth-order valence-electron chi connectivity index (χ4n) is 3.10. The Morgan fingerprint density at radius 3 is 2.44 bits per heavy atom. The monoisotopic (exact) mass is 490 g/mol. The molecule has 3 atom stereocenters. The quantitative estimate of drug-likeness (QED) is 0.204. The first-order chi connectivity index (χ1) is 16.3. The molecule has 3 amide bonds. The highest BCUT2D eigenvalue weighted by Gasteiger charge is 2.27. The lowest BCUT2D eigenvalue weighted by Crippen LogP contribution is -2.54. The largest absolute Gasteiger partial charge is 0.480 e. The standard InChI is InChI=1S/C22H30N6O5S/c1-34-8-7-17(21(31)28-18(22(32)33)9-14-5-3-2-4-6-14)27-19(29)12-25-20(30)16(23)10-15-11-24-13-26-15/h2-6,11,13,16-18H,7-10,12,23H2,1H3,(H,24,26)(H,25,30)(H,27,29)(H,28,31)(H,32,33). The highest BCUT2D eigenvalue weighted by molar-refractivity contribution is 7.98. The van der Waals surface area contributed by atoms with Gasteiger partial charge in [0.05, 0.1) is 18.9 Å². The Balaban J connectivity index is 1.90. The van der Waals surface area contributed by atoms with E-state index in [0.717, 1.165) is 5.56 Å². The number of hydrogen-bond acceptors (Lipinski definition) is 7. The van der Waals surface area contributed by atoms with Crippen LogP contribution in [-0.4, -0.2) is 75.4 Å². The van der Waals surface area contributed by atoms with Crippen molar-refractivity contribution >= 4 is 35.5 Å². The molecule has 0 radical (unpaired) electrons. The van der Waals surface area contributed by atoms with Crippen molar-refractivity contribution in [3.63, 3.8) is 0 Å². The van der Waals surface area contributed by atoms with E-state index in [4.69, 9.17) is 5.73 Å². The summed E-state index contributed by atoms with van der Waals surface area (Å²) < 4.78 is 0. The maximum absolute atomic E-state index is 12.8. The zero-order valence-electron chi connectivity index (χ0n) is 18.8. The Bertz CT molecular complexity index is 941. The van der Waals surface area contributed by atoms with Crippen molar-refractivity contribution in [2.24, 2.45) is 5.73 Å². The van der Waals surface area contributed by atoms with Gasteiger partial charge in [0.1, 0.15) is 12.1 Å². The van der Waals surface area contributed by atoms with Gasteiger partial charge in [0.25, 0.3) is 0 Å². The first-order valence-corrected chi connectivity index (χ1v) is 12.1. The van der Waals surface area contributed by atoms with Gasteiger partial charge in [-0.3, -0.25) is 14.4 Å². The van der Waals surface area contributed by atoms with Crippen molar-refractivity contribution in [3.8, 4) is 0 Å². The molecule has 0 bridgehead atoms. The maximum atomic E-state index is 12.8. The van der Waals surface area contributed by atoms with Crippen LogP contribution in [0.1, 0.15) is 17.7 Å². The molecule has 11 nitrogen and oxygen atoms in total. The number of aliphatic carboxylic acids is 1. The summed E-state index contributed by atoms with van der Waals surface area (Å²) >= 11 is 1.48. The lowest BCUT2D eigenvalue weighted by Gasteiger charge is -2.22. The Hall–Kier alpha value is -3.38. The summed E-state index contributed by atoms with van der Waals surface area (Å²) in [5, 5.41) is 17.1. The van der Waals surface area contributed by atoms with Crippen molar-refractivity contribution in [3.05, 3.63) is 54.1 Å². The van der Waals surface area contributed by atoms with Gasteiger partial charge in [-0.2, -0.15) is 11.8 Å². The molecule has 3 unspecified atom stereocenters. The minimum Gasteiger partial charge on any atom is -0.480 e. The molecular formula is C22H30N6O5S. The third kappa shape index (κ3) is 9.24. The van der Waals surface area contributed by atoms with Gasteiger partial charge in [0.2, 0.25) is 17.7 Å². The number of hydrogen-bond donors (Lipinski definition) is 6. The summed E-state index contributed by atoms with van der Waals surface area (Å²) in [6.45, 7) is -0.370. The number of imidazole rings is 1. The molecule has 0 aliphatic heterocycles. The van der Waals surface area contributed by atoms with Gasteiger partial charge in [0.15, 0.2) is 0 Å². The molecule has 34 heavy (non-hydrogen) atoms. The van der Waals surface area contributed by atoms with Crippen LogP contribution < -0.4 is 21.7 Å². The molecule has 1 aromatic heterocycles. The predicted octanol–water partition coefficient (Wildman–Crippen LogP) is -0.554. The van der Waals surface area contributed by atoms with Crippen LogP contribution in [0.5, 0.6) is 0 Å². The molecule has 1 aromatic carbocycles. The molecule has 0 aliphatic carbocycles. The van der Waals surface area contributed by atoms with E-state index in [9.17, 15) is 24.3 Å². The predicted molar refractivity (Wildman–Crippen MR) is 128 cm³/mol. The molecule has 0 saturated heterocycles. The SMILES string of the molecule is CSCCC(NC(=O)CNC(=O)C(N)Cc1cnc[nH]1)C(=O)NC(Cc1ccccc1)C(=O)O. The number of carboxylic acids is 1. The van der Waals surface area contributed by atoms with Crippen LogP contribution in [0, 0.1) is 0 Å². The van der Waals surface area contributed by atoms with E-state index < -0.39 is 41.8 Å². The molecule has 0 aliphatic rings. The fourth-order valence-corrected chi connectivity index (χ4v) is 3.57. The van der Waals surface area contributed by atoms with E-state index in [0.29, 0.717) is 17.9 Å². The Kier molecular flexibility index (Phi) is 11.1. The van der Waals surface area contributed by atoms with Crippen LogP contribution in [0.2, 0.25) is 0 Å². The van der Waals surface area contributed by atoms with Gasteiger partial charge in [-0.05, 0) is 24.0 Å². The number of benzene rings is 1. The van der Waals surface area contributed by atoms with Crippen LogP contribution in [0.25, 0.3) is 0 Å². The number of carbonyl (C=O) groups excluding carboxylic acids is 3. The van der Waals surface area contributed by atoms with Gasteiger partial charge >= 0.3 is 5.97 Å². The summed E-state index contributed by atoms with van der Waals surface area (Å²) in [5.74, 6) is -2.32. The number of nitrogens with zero attached hydrogens (tertiary/aromatic N) is 1. The van der Waals surface area contributed by atoms with Gasteiger partial charge in [-0.15, -0.1) is 0 Å². The molecule has 184 valence electrons.